The van der Waals surface area contributed by atoms with E-state index in [9.17, 15) is 0 Å². The number of aromatic nitrogens is 2. The van der Waals surface area contributed by atoms with Gasteiger partial charge < -0.3 is 5.32 Å². The SMILES string of the molecule is Cc1cc(C)n(CCC2CCNCC2)n1. The topological polar surface area (TPSA) is 29.9 Å². The summed E-state index contributed by atoms with van der Waals surface area (Å²) in [6.45, 7) is 7.68. The zero-order chi connectivity index (χ0) is 10.7. The zero-order valence-electron chi connectivity index (χ0n) is 9.79. The molecule has 2 heterocycles. The van der Waals surface area contributed by atoms with Crippen molar-refractivity contribution in [2.24, 2.45) is 5.92 Å². The van der Waals surface area contributed by atoms with Crippen LogP contribution in [0, 0.1) is 19.8 Å². The lowest BCUT2D eigenvalue weighted by atomic mass is 9.95. The van der Waals surface area contributed by atoms with Gasteiger partial charge in [0.15, 0.2) is 0 Å². The average Bonchev–Trinajstić information content (AvgIpc) is 2.56. The van der Waals surface area contributed by atoms with Crippen molar-refractivity contribution in [3.63, 3.8) is 0 Å². The third-order valence-corrected chi connectivity index (χ3v) is 3.31. The van der Waals surface area contributed by atoms with Gasteiger partial charge in [-0.2, -0.15) is 5.10 Å². The summed E-state index contributed by atoms with van der Waals surface area (Å²) >= 11 is 0. The molecule has 0 bridgehead atoms. The Morgan fingerprint density at radius 3 is 2.73 bits per heavy atom. The molecule has 1 aromatic rings. The van der Waals surface area contributed by atoms with Gasteiger partial charge in [-0.1, -0.05) is 0 Å². The van der Waals surface area contributed by atoms with Crippen LogP contribution in [0.1, 0.15) is 30.7 Å². The fourth-order valence-electron chi connectivity index (χ4n) is 2.38. The van der Waals surface area contributed by atoms with Gasteiger partial charge in [0, 0.05) is 12.2 Å². The zero-order valence-corrected chi connectivity index (χ0v) is 9.79. The minimum absolute atomic E-state index is 0.898. The smallest absolute Gasteiger partial charge is 0.0596 e. The monoisotopic (exact) mass is 207 g/mol. The molecule has 1 N–H and O–H groups in total. The van der Waals surface area contributed by atoms with Crippen molar-refractivity contribution >= 4 is 0 Å². The number of rotatable bonds is 3. The molecular weight excluding hydrogens is 186 g/mol. The molecule has 0 saturated carbocycles. The fraction of sp³-hybridized carbons (Fsp3) is 0.750. The number of hydrogen-bond acceptors (Lipinski definition) is 2. The molecule has 84 valence electrons. The highest BCUT2D eigenvalue weighted by Gasteiger charge is 2.13. The molecule has 0 spiro atoms. The Balaban J connectivity index is 1.84. The molecule has 0 amide bonds. The molecule has 15 heavy (non-hydrogen) atoms. The Morgan fingerprint density at radius 1 is 1.40 bits per heavy atom. The van der Waals surface area contributed by atoms with Gasteiger partial charge in [-0.05, 0) is 58.2 Å². The molecule has 0 atom stereocenters. The van der Waals surface area contributed by atoms with Crippen LogP contribution in [-0.2, 0) is 6.54 Å². The second-order valence-electron chi connectivity index (χ2n) is 4.63. The summed E-state index contributed by atoms with van der Waals surface area (Å²) in [5.74, 6) is 0.898. The molecule has 1 aromatic heterocycles. The molecule has 0 unspecified atom stereocenters. The number of nitrogens with one attached hydrogen (secondary N) is 1. The van der Waals surface area contributed by atoms with Gasteiger partial charge in [0.2, 0.25) is 0 Å². The van der Waals surface area contributed by atoms with E-state index in [0.717, 1.165) is 18.2 Å². The molecule has 1 saturated heterocycles. The predicted molar refractivity (Wildman–Crippen MR) is 61.9 cm³/mol. The second-order valence-corrected chi connectivity index (χ2v) is 4.63. The molecule has 1 fully saturated rings. The van der Waals surface area contributed by atoms with E-state index in [-0.39, 0.29) is 0 Å². The summed E-state index contributed by atoms with van der Waals surface area (Å²) in [4.78, 5) is 0. The first-order valence-corrected chi connectivity index (χ1v) is 5.97. The standard InChI is InChI=1S/C12H21N3/c1-10-9-11(2)15(14-10)8-5-12-3-6-13-7-4-12/h9,12-13H,3-8H2,1-2H3. The van der Waals surface area contributed by atoms with Gasteiger partial charge in [-0.3, -0.25) is 4.68 Å². The van der Waals surface area contributed by atoms with Crippen molar-refractivity contribution in [2.75, 3.05) is 13.1 Å². The summed E-state index contributed by atoms with van der Waals surface area (Å²) in [7, 11) is 0. The molecule has 0 aromatic carbocycles. The molecule has 3 heteroatoms. The third-order valence-electron chi connectivity index (χ3n) is 3.31. The van der Waals surface area contributed by atoms with E-state index >= 15 is 0 Å². The molecule has 2 rings (SSSR count). The maximum absolute atomic E-state index is 4.50. The van der Waals surface area contributed by atoms with Gasteiger partial charge in [-0.25, -0.2) is 0 Å². The first-order chi connectivity index (χ1) is 7.25. The second kappa shape index (κ2) is 4.79. The minimum atomic E-state index is 0.898. The Hall–Kier alpha value is -0.830. The van der Waals surface area contributed by atoms with E-state index in [4.69, 9.17) is 0 Å². The van der Waals surface area contributed by atoms with Gasteiger partial charge in [-0.15, -0.1) is 0 Å². The largest absolute Gasteiger partial charge is 0.317 e. The molecule has 3 nitrogen and oxygen atoms in total. The maximum Gasteiger partial charge on any atom is 0.0596 e. The van der Waals surface area contributed by atoms with Crippen LogP contribution >= 0.6 is 0 Å². The van der Waals surface area contributed by atoms with Crippen LogP contribution in [0.15, 0.2) is 6.07 Å². The van der Waals surface area contributed by atoms with Crippen LogP contribution in [0.25, 0.3) is 0 Å². The number of hydrogen-bond donors (Lipinski definition) is 1. The van der Waals surface area contributed by atoms with E-state index in [1.807, 2.05) is 0 Å². The van der Waals surface area contributed by atoms with Crippen molar-refractivity contribution in [1.82, 2.24) is 15.1 Å². The van der Waals surface area contributed by atoms with Crippen molar-refractivity contribution in [3.05, 3.63) is 17.5 Å². The fourth-order valence-corrected chi connectivity index (χ4v) is 2.38. The van der Waals surface area contributed by atoms with E-state index < -0.39 is 0 Å². The van der Waals surface area contributed by atoms with Crippen LogP contribution in [0.4, 0.5) is 0 Å². The van der Waals surface area contributed by atoms with E-state index in [2.05, 4.69) is 35.0 Å². The molecule has 1 aliphatic heterocycles. The lowest BCUT2D eigenvalue weighted by Gasteiger charge is -2.22. The van der Waals surface area contributed by atoms with Crippen LogP contribution in [-0.4, -0.2) is 22.9 Å². The first-order valence-electron chi connectivity index (χ1n) is 5.97. The summed E-state index contributed by atoms with van der Waals surface area (Å²) < 4.78 is 2.15. The third kappa shape index (κ3) is 2.81. The Kier molecular flexibility index (Phi) is 3.41. The number of nitrogens with zero attached hydrogens (tertiary/aromatic N) is 2. The lowest BCUT2D eigenvalue weighted by Crippen LogP contribution is -2.28. The summed E-state index contributed by atoms with van der Waals surface area (Å²) in [5.41, 5.74) is 2.43. The van der Waals surface area contributed by atoms with Crippen molar-refractivity contribution in [2.45, 2.75) is 39.7 Å². The van der Waals surface area contributed by atoms with Crippen molar-refractivity contribution in [3.8, 4) is 0 Å². The molecule has 0 aliphatic carbocycles. The highest BCUT2D eigenvalue weighted by Crippen LogP contribution is 2.17. The highest BCUT2D eigenvalue weighted by molar-refractivity contribution is 5.06. The molecule has 1 aliphatic rings. The Morgan fingerprint density at radius 2 is 2.13 bits per heavy atom. The predicted octanol–water partition coefficient (Wildman–Crippen LogP) is 1.89. The average molecular weight is 207 g/mol. The first kappa shape index (κ1) is 10.7. The lowest BCUT2D eigenvalue weighted by molar-refractivity contribution is 0.330. The number of piperidine rings is 1. The molecule has 0 radical (unpaired) electrons. The number of aryl methyl sites for hydroxylation is 3. The van der Waals surface area contributed by atoms with Crippen LogP contribution < -0.4 is 5.32 Å². The van der Waals surface area contributed by atoms with E-state index in [1.165, 1.54) is 38.0 Å². The van der Waals surface area contributed by atoms with Crippen LogP contribution in [0.3, 0.4) is 0 Å². The Bertz CT molecular complexity index is 311. The maximum atomic E-state index is 4.50. The van der Waals surface area contributed by atoms with Crippen molar-refractivity contribution in [1.29, 1.82) is 0 Å². The van der Waals surface area contributed by atoms with Crippen LogP contribution in [0.2, 0.25) is 0 Å². The normalized spacial score (nSPS) is 18.3. The van der Waals surface area contributed by atoms with Gasteiger partial charge >= 0.3 is 0 Å². The summed E-state index contributed by atoms with van der Waals surface area (Å²) in [5, 5.41) is 7.90. The van der Waals surface area contributed by atoms with E-state index in [0.29, 0.717) is 0 Å². The highest BCUT2D eigenvalue weighted by atomic mass is 15.3. The summed E-state index contributed by atoms with van der Waals surface area (Å²) in [6, 6.07) is 2.16. The Labute approximate surface area is 91.9 Å². The van der Waals surface area contributed by atoms with Gasteiger partial charge in [0.1, 0.15) is 0 Å². The molecular formula is C12H21N3. The van der Waals surface area contributed by atoms with Gasteiger partial charge in [0.05, 0.1) is 5.69 Å². The minimum Gasteiger partial charge on any atom is -0.317 e. The van der Waals surface area contributed by atoms with Gasteiger partial charge in [0.25, 0.3) is 0 Å². The summed E-state index contributed by atoms with van der Waals surface area (Å²) in [6.07, 6.45) is 3.95. The van der Waals surface area contributed by atoms with E-state index in [1.54, 1.807) is 0 Å². The quantitative estimate of drug-likeness (QED) is 0.820. The van der Waals surface area contributed by atoms with Crippen LogP contribution in [0.5, 0.6) is 0 Å². The van der Waals surface area contributed by atoms with Crippen molar-refractivity contribution < 1.29 is 0 Å².